The zero-order valence-corrected chi connectivity index (χ0v) is 5.42. The van der Waals surface area contributed by atoms with Gasteiger partial charge in [0.15, 0.2) is 0 Å². The highest BCUT2D eigenvalue weighted by molar-refractivity contribution is 5.70. The summed E-state index contributed by atoms with van der Waals surface area (Å²) < 4.78 is 9.04. The number of methoxy groups -OCH3 is 1. The van der Waals surface area contributed by atoms with Crippen LogP contribution in [0.1, 0.15) is 0 Å². The lowest BCUT2D eigenvalue weighted by Crippen LogP contribution is -2.10. The molecule has 0 bridgehead atoms. The third kappa shape index (κ3) is 5.03. The number of carbonyl (C=O) groups excluding carboxylic acids is 1. The number of hydrogen-bond donors (Lipinski definition) is 0. The van der Waals surface area contributed by atoms with Crippen molar-refractivity contribution < 1.29 is 14.3 Å². The van der Waals surface area contributed by atoms with E-state index < -0.39 is 0 Å². The van der Waals surface area contributed by atoms with Gasteiger partial charge in [0.2, 0.25) is 0 Å². The molecule has 0 aromatic carbocycles. The van der Waals surface area contributed by atoms with E-state index in [-0.39, 0.29) is 19.2 Å². The number of hydrogen-bond acceptors (Lipinski definition) is 3. The molecule has 9 heavy (non-hydrogen) atoms. The van der Waals surface area contributed by atoms with E-state index >= 15 is 0 Å². The molecule has 0 fully saturated rings. The van der Waals surface area contributed by atoms with Crippen molar-refractivity contribution in [1.29, 1.82) is 0 Å². The second kappa shape index (κ2) is 5.31. The summed E-state index contributed by atoms with van der Waals surface area (Å²) in [6.45, 7) is 3.63. The number of carbonyl (C=O) groups is 1. The quantitative estimate of drug-likeness (QED) is 0.407. The summed E-state index contributed by atoms with van der Waals surface area (Å²) in [7, 11) is 1.44. The minimum atomic E-state index is -0.364. The van der Waals surface area contributed by atoms with E-state index in [2.05, 4.69) is 16.1 Å². The van der Waals surface area contributed by atoms with Crippen LogP contribution in [0.3, 0.4) is 0 Å². The van der Waals surface area contributed by atoms with Gasteiger partial charge in [0.1, 0.15) is 13.2 Å². The molecular formula is C6H10O3. The smallest absolute Gasteiger partial charge is 0.332 e. The molecule has 0 aliphatic carbocycles. The molecule has 3 nitrogen and oxygen atoms in total. The van der Waals surface area contributed by atoms with Crippen molar-refractivity contribution in [3.8, 4) is 0 Å². The Morgan fingerprint density at radius 1 is 1.78 bits per heavy atom. The first kappa shape index (κ1) is 8.17. The first-order valence-electron chi connectivity index (χ1n) is 2.56. The van der Waals surface area contributed by atoms with Gasteiger partial charge < -0.3 is 9.47 Å². The predicted molar refractivity (Wildman–Crippen MR) is 33.0 cm³/mol. The average molecular weight is 130 g/mol. The molecule has 0 aromatic rings. The van der Waals surface area contributed by atoms with Gasteiger partial charge in [-0.15, -0.1) is 0 Å². The van der Waals surface area contributed by atoms with Gasteiger partial charge in [0.25, 0.3) is 0 Å². The van der Waals surface area contributed by atoms with Crippen molar-refractivity contribution in [3.05, 3.63) is 12.7 Å². The van der Waals surface area contributed by atoms with Crippen LogP contribution in [0.5, 0.6) is 0 Å². The zero-order chi connectivity index (χ0) is 7.11. The molecular weight excluding hydrogens is 120 g/mol. The number of ether oxygens (including phenoxy) is 2. The lowest BCUT2D eigenvalue weighted by atomic mass is 10.7. The van der Waals surface area contributed by atoms with E-state index in [0.29, 0.717) is 0 Å². The molecule has 0 atom stereocenters. The molecule has 0 aromatic heterocycles. The Morgan fingerprint density at radius 2 is 2.44 bits per heavy atom. The molecule has 0 spiro atoms. The van der Waals surface area contributed by atoms with Gasteiger partial charge in [-0.1, -0.05) is 12.7 Å². The van der Waals surface area contributed by atoms with Crippen molar-refractivity contribution in [1.82, 2.24) is 0 Å². The monoisotopic (exact) mass is 130 g/mol. The predicted octanol–water partition coefficient (Wildman–Crippen LogP) is 0.362. The maximum Gasteiger partial charge on any atom is 0.332 e. The molecule has 0 saturated heterocycles. The maximum atomic E-state index is 10.4. The van der Waals surface area contributed by atoms with Crippen molar-refractivity contribution in [3.63, 3.8) is 0 Å². The van der Waals surface area contributed by atoms with Crippen LogP contribution in [0.25, 0.3) is 0 Å². The largest absolute Gasteiger partial charge is 0.460 e. The standard InChI is InChI=1S/C6H10O3/c1-3-4-9-6(7)5-8-2/h3H,1,4-5H2,2H3. The summed E-state index contributed by atoms with van der Waals surface area (Å²) in [5.74, 6) is -0.364. The van der Waals surface area contributed by atoms with E-state index in [1.807, 2.05) is 0 Å². The fourth-order valence-corrected chi connectivity index (χ4v) is 0.311. The van der Waals surface area contributed by atoms with Crippen LogP contribution >= 0.6 is 0 Å². The summed E-state index contributed by atoms with van der Waals surface area (Å²) in [6.07, 6.45) is 1.51. The van der Waals surface area contributed by atoms with Gasteiger partial charge in [-0.05, 0) is 0 Å². The van der Waals surface area contributed by atoms with Crippen LogP contribution < -0.4 is 0 Å². The summed E-state index contributed by atoms with van der Waals surface area (Å²) in [5, 5.41) is 0. The van der Waals surface area contributed by atoms with Gasteiger partial charge in [0, 0.05) is 7.11 Å². The van der Waals surface area contributed by atoms with Crippen LogP contribution in [0, 0.1) is 0 Å². The normalized spacial score (nSPS) is 8.56. The van der Waals surface area contributed by atoms with Gasteiger partial charge in [-0.2, -0.15) is 0 Å². The Morgan fingerprint density at radius 3 is 2.89 bits per heavy atom. The van der Waals surface area contributed by atoms with Crippen LogP contribution in [-0.2, 0) is 14.3 Å². The number of rotatable bonds is 4. The molecule has 0 unspecified atom stereocenters. The van der Waals surface area contributed by atoms with Gasteiger partial charge in [-0.3, -0.25) is 0 Å². The third-order valence-corrected chi connectivity index (χ3v) is 0.624. The minimum Gasteiger partial charge on any atom is -0.460 e. The van der Waals surface area contributed by atoms with Crippen LogP contribution in [-0.4, -0.2) is 26.3 Å². The van der Waals surface area contributed by atoms with Crippen molar-refractivity contribution >= 4 is 5.97 Å². The van der Waals surface area contributed by atoms with E-state index in [1.54, 1.807) is 0 Å². The average Bonchev–Trinajstić information content (AvgIpc) is 1.85. The summed E-state index contributed by atoms with van der Waals surface area (Å²) in [5.41, 5.74) is 0. The number of esters is 1. The van der Waals surface area contributed by atoms with E-state index in [9.17, 15) is 4.79 Å². The summed E-state index contributed by atoms with van der Waals surface area (Å²) in [6, 6.07) is 0. The molecule has 0 heterocycles. The van der Waals surface area contributed by atoms with Crippen molar-refractivity contribution in [2.45, 2.75) is 0 Å². The van der Waals surface area contributed by atoms with E-state index in [1.165, 1.54) is 13.2 Å². The van der Waals surface area contributed by atoms with Gasteiger partial charge >= 0.3 is 5.97 Å². The third-order valence-electron chi connectivity index (χ3n) is 0.624. The Balaban J connectivity index is 3.16. The molecule has 3 heteroatoms. The Labute approximate surface area is 54.3 Å². The first-order valence-corrected chi connectivity index (χ1v) is 2.56. The zero-order valence-electron chi connectivity index (χ0n) is 5.42. The lowest BCUT2D eigenvalue weighted by Gasteiger charge is -1.97. The molecule has 52 valence electrons. The molecule has 0 radical (unpaired) electrons. The molecule has 0 aliphatic heterocycles. The van der Waals surface area contributed by atoms with Crippen molar-refractivity contribution in [2.24, 2.45) is 0 Å². The highest BCUT2D eigenvalue weighted by Gasteiger charge is 1.96. The van der Waals surface area contributed by atoms with Gasteiger partial charge in [-0.25, -0.2) is 4.79 Å². The van der Waals surface area contributed by atoms with Crippen LogP contribution in [0.15, 0.2) is 12.7 Å². The molecule has 0 aliphatic rings. The molecule has 0 saturated carbocycles. The highest BCUT2D eigenvalue weighted by Crippen LogP contribution is 1.78. The fourth-order valence-electron chi connectivity index (χ4n) is 0.311. The molecule has 0 amide bonds. The summed E-state index contributed by atoms with van der Waals surface area (Å²) >= 11 is 0. The summed E-state index contributed by atoms with van der Waals surface area (Å²) in [4.78, 5) is 10.4. The minimum absolute atomic E-state index is 0.00778. The topological polar surface area (TPSA) is 35.5 Å². The van der Waals surface area contributed by atoms with Crippen LogP contribution in [0.4, 0.5) is 0 Å². The lowest BCUT2D eigenvalue weighted by molar-refractivity contribution is -0.146. The first-order chi connectivity index (χ1) is 4.31. The van der Waals surface area contributed by atoms with Gasteiger partial charge in [0.05, 0.1) is 0 Å². The van der Waals surface area contributed by atoms with Crippen LogP contribution in [0.2, 0.25) is 0 Å². The van der Waals surface area contributed by atoms with E-state index in [4.69, 9.17) is 0 Å². The molecule has 0 N–H and O–H groups in total. The maximum absolute atomic E-state index is 10.4. The Hall–Kier alpha value is -0.830. The highest BCUT2D eigenvalue weighted by atomic mass is 16.6. The fraction of sp³-hybridized carbons (Fsp3) is 0.500. The second-order valence-corrected chi connectivity index (χ2v) is 1.40. The van der Waals surface area contributed by atoms with Crippen molar-refractivity contribution in [2.75, 3.05) is 20.3 Å². The molecule has 0 rings (SSSR count). The SMILES string of the molecule is C=CCOC(=O)COC. The Bertz CT molecular complexity index is 98.5. The van der Waals surface area contributed by atoms with E-state index in [0.717, 1.165) is 0 Å². The second-order valence-electron chi connectivity index (χ2n) is 1.40. The Kier molecular flexibility index (Phi) is 4.82.